The molecule has 0 unspecified atom stereocenters. The van der Waals surface area contributed by atoms with Crippen molar-refractivity contribution in [2.75, 3.05) is 18.0 Å². The lowest BCUT2D eigenvalue weighted by molar-refractivity contribution is 0.361. The molecule has 0 amide bonds. The second-order valence-corrected chi connectivity index (χ2v) is 9.12. The zero-order chi connectivity index (χ0) is 22.2. The van der Waals surface area contributed by atoms with Crippen molar-refractivity contribution in [3.63, 3.8) is 0 Å². The average Bonchev–Trinajstić information content (AvgIpc) is 3.17. The fourth-order valence-electron chi connectivity index (χ4n) is 4.88. The van der Waals surface area contributed by atoms with Gasteiger partial charge < -0.3 is 9.47 Å². The predicted octanol–water partition coefficient (Wildman–Crippen LogP) is 5.37. The van der Waals surface area contributed by atoms with Gasteiger partial charge in [0, 0.05) is 43.1 Å². The van der Waals surface area contributed by atoms with E-state index in [1.165, 1.54) is 10.9 Å². The fraction of sp³-hybridized carbons (Fsp3) is 0.308. The Balaban J connectivity index is 1.29. The van der Waals surface area contributed by atoms with Gasteiger partial charge in [-0.1, -0.05) is 29.8 Å². The number of piperidine rings is 1. The first kappa shape index (κ1) is 20.8. The molecule has 32 heavy (non-hydrogen) atoms. The standard InChI is InChI=1S/C26H27ClN4O/c1-18-15-26(32)31(19(2)28-18)22-7-8-25(23(27)16-22)29-12-9-20(10-13-29)17-30-14-11-21-5-3-4-6-24(21)30/h3-8,11,14-16,20H,9-10,12-13,17H2,1-2H3. The van der Waals surface area contributed by atoms with Crippen molar-refractivity contribution in [2.45, 2.75) is 33.2 Å². The molecule has 3 heterocycles. The van der Waals surface area contributed by atoms with Crippen molar-refractivity contribution in [3.8, 4) is 5.69 Å². The summed E-state index contributed by atoms with van der Waals surface area (Å²) in [5.74, 6) is 1.32. The highest BCUT2D eigenvalue weighted by Gasteiger charge is 2.22. The maximum absolute atomic E-state index is 12.5. The van der Waals surface area contributed by atoms with Crippen LogP contribution in [0.15, 0.2) is 65.6 Å². The number of nitrogens with zero attached hydrogens (tertiary/aromatic N) is 4. The van der Waals surface area contributed by atoms with Gasteiger partial charge in [-0.25, -0.2) is 4.98 Å². The van der Waals surface area contributed by atoms with Crippen molar-refractivity contribution in [1.29, 1.82) is 0 Å². The highest BCUT2D eigenvalue weighted by Crippen LogP contribution is 2.32. The van der Waals surface area contributed by atoms with Gasteiger partial charge >= 0.3 is 0 Å². The summed E-state index contributed by atoms with van der Waals surface area (Å²) in [7, 11) is 0. The molecule has 164 valence electrons. The van der Waals surface area contributed by atoms with E-state index >= 15 is 0 Å². The lowest BCUT2D eigenvalue weighted by Gasteiger charge is -2.34. The number of para-hydroxylation sites is 1. The van der Waals surface area contributed by atoms with Crippen LogP contribution in [-0.2, 0) is 6.54 Å². The first-order chi connectivity index (χ1) is 15.5. The molecule has 0 atom stereocenters. The quantitative estimate of drug-likeness (QED) is 0.423. The highest BCUT2D eigenvalue weighted by atomic mass is 35.5. The predicted molar refractivity (Wildman–Crippen MR) is 131 cm³/mol. The van der Waals surface area contributed by atoms with Crippen LogP contribution in [-0.4, -0.2) is 27.2 Å². The number of benzene rings is 2. The van der Waals surface area contributed by atoms with Gasteiger partial charge in [-0.2, -0.15) is 0 Å². The third-order valence-electron chi connectivity index (χ3n) is 6.49. The molecular formula is C26H27ClN4O. The maximum atomic E-state index is 12.5. The van der Waals surface area contributed by atoms with E-state index in [-0.39, 0.29) is 5.56 Å². The van der Waals surface area contributed by atoms with Gasteiger partial charge in [-0.3, -0.25) is 9.36 Å². The molecule has 2 aromatic carbocycles. The smallest absolute Gasteiger partial charge is 0.258 e. The minimum absolute atomic E-state index is 0.0860. The molecule has 0 spiro atoms. The van der Waals surface area contributed by atoms with Crippen molar-refractivity contribution < 1.29 is 0 Å². The van der Waals surface area contributed by atoms with Crippen LogP contribution in [0.2, 0.25) is 5.02 Å². The summed E-state index contributed by atoms with van der Waals surface area (Å²) in [6, 6.07) is 18.2. The van der Waals surface area contributed by atoms with Crippen LogP contribution in [0.1, 0.15) is 24.4 Å². The number of rotatable bonds is 4. The molecule has 2 aromatic heterocycles. The minimum atomic E-state index is -0.0860. The summed E-state index contributed by atoms with van der Waals surface area (Å²) in [5, 5.41) is 1.97. The molecule has 1 fully saturated rings. The lowest BCUT2D eigenvalue weighted by atomic mass is 9.96. The Labute approximate surface area is 192 Å². The molecule has 1 aliphatic heterocycles. The Kier molecular flexibility index (Phi) is 5.51. The van der Waals surface area contributed by atoms with E-state index in [0.29, 0.717) is 16.8 Å². The monoisotopic (exact) mass is 446 g/mol. The Morgan fingerprint density at radius 1 is 1.03 bits per heavy atom. The summed E-state index contributed by atoms with van der Waals surface area (Å²) < 4.78 is 3.99. The molecule has 0 bridgehead atoms. The molecule has 5 nitrogen and oxygen atoms in total. The van der Waals surface area contributed by atoms with Gasteiger partial charge in [0.15, 0.2) is 0 Å². The molecular weight excluding hydrogens is 420 g/mol. The van der Waals surface area contributed by atoms with Crippen LogP contribution in [0, 0.1) is 19.8 Å². The summed E-state index contributed by atoms with van der Waals surface area (Å²) in [4.78, 5) is 19.3. The summed E-state index contributed by atoms with van der Waals surface area (Å²) in [5.41, 5.74) is 3.73. The average molecular weight is 447 g/mol. The van der Waals surface area contributed by atoms with Gasteiger partial charge in [0.1, 0.15) is 5.82 Å². The Morgan fingerprint density at radius 3 is 2.56 bits per heavy atom. The van der Waals surface area contributed by atoms with Gasteiger partial charge in [-0.15, -0.1) is 0 Å². The molecule has 1 aliphatic rings. The van der Waals surface area contributed by atoms with Crippen LogP contribution in [0.4, 0.5) is 5.69 Å². The van der Waals surface area contributed by atoms with Crippen LogP contribution in [0.5, 0.6) is 0 Å². The van der Waals surface area contributed by atoms with Crippen molar-refractivity contribution >= 4 is 28.2 Å². The number of aromatic nitrogens is 3. The van der Waals surface area contributed by atoms with Crippen LogP contribution in [0.3, 0.4) is 0 Å². The van der Waals surface area contributed by atoms with E-state index in [0.717, 1.165) is 49.5 Å². The summed E-state index contributed by atoms with van der Waals surface area (Å²) >= 11 is 6.68. The van der Waals surface area contributed by atoms with E-state index in [2.05, 4.69) is 51.0 Å². The molecule has 5 rings (SSSR count). The second-order valence-electron chi connectivity index (χ2n) is 8.71. The molecule has 0 N–H and O–H groups in total. The number of halogens is 1. The van der Waals surface area contributed by atoms with E-state index in [1.807, 2.05) is 32.0 Å². The number of fused-ring (bicyclic) bond motifs is 1. The number of hydrogen-bond donors (Lipinski definition) is 0. The molecule has 4 aromatic rings. The summed E-state index contributed by atoms with van der Waals surface area (Å²) in [6.45, 7) is 6.69. The number of hydrogen-bond acceptors (Lipinski definition) is 3. The summed E-state index contributed by atoms with van der Waals surface area (Å²) in [6.07, 6.45) is 4.46. The molecule has 0 aliphatic carbocycles. The van der Waals surface area contributed by atoms with Crippen molar-refractivity contribution in [3.05, 3.63) is 87.7 Å². The minimum Gasteiger partial charge on any atom is -0.370 e. The first-order valence-electron chi connectivity index (χ1n) is 11.2. The largest absolute Gasteiger partial charge is 0.370 e. The third-order valence-corrected chi connectivity index (χ3v) is 6.80. The van der Waals surface area contributed by atoms with E-state index < -0.39 is 0 Å². The van der Waals surface area contributed by atoms with Crippen molar-refractivity contribution in [1.82, 2.24) is 14.1 Å². The zero-order valence-corrected chi connectivity index (χ0v) is 19.2. The Bertz CT molecular complexity index is 1330. The van der Waals surface area contributed by atoms with Crippen LogP contribution in [0.25, 0.3) is 16.6 Å². The first-order valence-corrected chi connectivity index (χ1v) is 11.5. The normalized spacial score (nSPS) is 14.9. The van der Waals surface area contributed by atoms with E-state index in [9.17, 15) is 4.79 Å². The lowest BCUT2D eigenvalue weighted by Crippen LogP contribution is -2.35. The van der Waals surface area contributed by atoms with Gasteiger partial charge in [0.05, 0.1) is 16.4 Å². The van der Waals surface area contributed by atoms with Crippen LogP contribution >= 0.6 is 11.6 Å². The molecule has 6 heteroatoms. The van der Waals surface area contributed by atoms with Crippen molar-refractivity contribution in [2.24, 2.45) is 5.92 Å². The van der Waals surface area contributed by atoms with E-state index in [4.69, 9.17) is 11.6 Å². The number of aryl methyl sites for hydroxylation is 2. The Hall–Kier alpha value is -3.05. The third kappa shape index (κ3) is 3.93. The van der Waals surface area contributed by atoms with Gasteiger partial charge in [0.2, 0.25) is 0 Å². The second kappa shape index (κ2) is 8.47. The van der Waals surface area contributed by atoms with Crippen LogP contribution < -0.4 is 10.5 Å². The zero-order valence-electron chi connectivity index (χ0n) is 18.5. The fourth-order valence-corrected chi connectivity index (χ4v) is 5.17. The molecule has 0 saturated carbocycles. The number of anilines is 1. The van der Waals surface area contributed by atoms with Gasteiger partial charge in [-0.05, 0) is 68.3 Å². The highest BCUT2D eigenvalue weighted by molar-refractivity contribution is 6.33. The maximum Gasteiger partial charge on any atom is 0.258 e. The van der Waals surface area contributed by atoms with E-state index in [1.54, 1.807) is 10.6 Å². The SMILES string of the molecule is Cc1cc(=O)n(-c2ccc(N3CCC(Cn4ccc5ccccc54)CC3)c(Cl)c2)c(C)n1. The Morgan fingerprint density at radius 2 is 1.81 bits per heavy atom. The topological polar surface area (TPSA) is 43.1 Å². The molecule has 1 saturated heterocycles. The van der Waals surface area contributed by atoms with Gasteiger partial charge in [0.25, 0.3) is 5.56 Å². The molecule has 0 radical (unpaired) electrons.